The van der Waals surface area contributed by atoms with Gasteiger partial charge in [0.1, 0.15) is 5.82 Å². The average Bonchev–Trinajstić information content (AvgIpc) is 3.33. The monoisotopic (exact) mass is 334 g/mol. The van der Waals surface area contributed by atoms with Gasteiger partial charge in [-0.05, 0) is 48.8 Å². The van der Waals surface area contributed by atoms with E-state index in [0.717, 1.165) is 12.8 Å². The molecular weight excluding hydrogens is 315 g/mol. The number of amides is 2. The van der Waals surface area contributed by atoms with Gasteiger partial charge in [0.15, 0.2) is 5.78 Å². The fourth-order valence-electron chi connectivity index (χ4n) is 3.29. The number of Topliss-reactive ketones (excluding diaryl/α,β-unsaturated/α-hetero) is 1. The van der Waals surface area contributed by atoms with E-state index < -0.39 is 12.1 Å². The van der Waals surface area contributed by atoms with E-state index in [0.29, 0.717) is 29.5 Å². The predicted octanol–water partition coefficient (Wildman–Crippen LogP) is 2.52. The molecule has 2 aliphatic rings. The Morgan fingerprint density at radius 2 is 2.00 bits per heavy atom. The van der Waals surface area contributed by atoms with Gasteiger partial charge in [0.25, 0.3) is 0 Å². The molecular formula is C17H19FN2O4. The smallest absolute Gasteiger partial charge is 0.407 e. The molecule has 0 spiro atoms. The van der Waals surface area contributed by atoms with Gasteiger partial charge in [-0.3, -0.25) is 9.59 Å². The van der Waals surface area contributed by atoms with E-state index in [1.165, 1.54) is 20.1 Å². The molecule has 1 atom stereocenters. The van der Waals surface area contributed by atoms with Crippen molar-refractivity contribution in [3.05, 3.63) is 28.6 Å². The molecule has 1 aromatic carbocycles. The van der Waals surface area contributed by atoms with Gasteiger partial charge < -0.3 is 15.4 Å². The number of alkyl carbamates (subject to hydrolysis) is 1. The van der Waals surface area contributed by atoms with Crippen molar-refractivity contribution in [2.24, 2.45) is 0 Å². The molecule has 0 bridgehead atoms. The van der Waals surface area contributed by atoms with E-state index in [2.05, 4.69) is 15.4 Å². The van der Waals surface area contributed by atoms with Crippen LogP contribution in [0.3, 0.4) is 0 Å². The lowest BCUT2D eigenvalue weighted by Gasteiger charge is -2.28. The number of benzene rings is 1. The fourth-order valence-corrected chi connectivity index (χ4v) is 3.29. The highest BCUT2D eigenvalue weighted by molar-refractivity contribution is 6.10. The van der Waals surface area contributed by atoms with Crippen molar-refractivity contribution >= 4 is 23.5 Å². The van der Waals surface area contributed by atoms with Crippen LogP contribution in [0.4, 0.5) is 14.9 Å². The summed E-state index contributed by atoms with van der Waals surface area (Å²) in [5.74, 6) is -0.950. The lowest BCUT2D eigenvalue weighted by molar-refractivity contribution is -0.114. The minimum absolute atomic E-state index is 0.142. The summed E-state index contributed by atoms with van der Waals surface area (Å²) < 4.78 is 19.1. The number of hydrogen-bond donors (Lipinski definition) is 2. The summed E-state index contributed by atoms with van der Waals surface area (Å²) in [6.45, 7) is 1.30. The number of methoxy groups -OCH3 is 1. The Morgan fingerprint density at radius 1 is 1.29 bits per heavy atom. The predicted molar refractivity (Wildman–Crippen MR) is 84.7 cm³/mol. The van der Waals surface area contributed by atoms with E-state index in [1.807, 2.05) is 0 Å². The molecule has 1 unspecified atom stereocenters. The van der Waals surface area contributed by atoms with Gasteiger partial charge in [-0.15, -0.1) is 0 Å². The lowest BCUT2D eigenvalue weighted by atomic mass is 9.82. The molecule has 24 heavy (non-hydrogen) atoms. The van der Waals surface area contributed by atoms with Crippen molar-refractivity contribution in [3.63, 3.8) is 0 Å². The zero-order chi connectivity index (χ0) is 17.4. The number of hydrogen-bond acceptors (Lipinski definition) is 4. The van der Waals surface area contributed by atoms with Crippen LogP contribution in [0.15, 0.2) is 6.07 Å². The van der Waals surface area contributed by atoms with Crippen LogP contribution in [-0.4, -0.2) is 30.9 Å². The molecule has 128 valence electrons. The van der Waals surface area contributed by atoms with E-state index in [-0.39, 0.29) is 29.1 Å². The molecule has 2 amide bonds. The van der Waals surface area contributed by atoms with Gasteiger partial charge >= 0.3 is 6.09 Å². The quantitative estimate of drug-likeness (QED) is 0.889. The van der Waals surface area contributed by atoms with Crippen molar-refractivity contribution in [3.8, 4) is 0 Å². The minimum Gasteiger partial charge on any atom is -0.453 e. The Bertz CT molecular complexity index is 728. The Labute approximate surface area is 138 Å². The first-order valence-corrected chi connectivity index (χ1v) is 7.94. The number of carbonyl (C=O) groups excluding carboxylic acids is 3. The molecule has 6 nitrogen and oxygen atoms in total. The Morgan fingerprint density at radius 3 is 2.58 bits per heavy atom. The van der Waals surface area contributed by atoms with E-state index in [1.54, 1.807) is 0 Å². The molecule has 1 aromatic rings. The maximum atomic E-state index is 14.5. The van der Waals surface area contributed by atoms with Crippen molar-refractivity contribution in [1.29, 1.82) is 0 Å². The maximum Gasteiger partial charge on any atom is 0.407 e. The molecule has 1 fully saturated rings. The van der Waals surface area contributed by atoms with Crippen LogP contribution in [-0.2, 0) is 16.0 Å². The third-order valence-electron chi connectivity index (χ3n) is 4.44. The first kappa shape index (κ1) is 16.4. The highest BCUT2D eigenvalue weighted by Gasteiger charge is 2.38. The summed E-state index contributed by atoms with van der Waals surface area (Å²) in [5.41, 5.74) is 1.72. The van der Waals surface area contributed by atoms with Crippen LogP contribution in [0.5, 0.6) is 0 Å². The largest absolute Gasteiger partial charge is 0.453 e. The summed E-state index contributed by atoms with van der Waals surface area (Å²) in [6, 6.07) is 0.474. The van der Waals surface area contributed by atoms with Crippen LogP contribution in [0.2, 0.25) is 0 Å². The van der Waals surface area contributed by atoms with Crippen LogP contribution in [0.1, 0.15) is 53.6 Å². The molecule has 1 saturated carbocycles. The van der Waals surface area contributed by atoms with Crippen molar-refractivity contribution < 1.29 is 23.5 Å². The topological polar surface area (TPSA) is 84.5 Å². The van der Waals surface area contributed by atoms with Gasteiger partial charge in [0, 0.05) is 12.5 Å². The number of fused-ring (bicyclic) bond motifs is 1. The third kappa shape index (κ3) is 2.98. The summed E-state index contributed by atoms with van der Waals surface area (Å²) >= 11 is 0. The molecule has 0 aromatic heterocycles. The van der Waals surface area contributed by atoms with Gasteiger partial charge in [-0.1, -0.05) is 0 Å². The highest BCUT2D eigenvalue weighted by Crippen LogP contribution is 2.46. The molecule has 0 aliphatic heterocycles. The van der Waals surface area contributed by atoms with Crippen molar-refractivity contribution in [1.82, 2.24) is 5.32 Å². The summed E-state index contributed by atoms with van der Waals surface area (Å²) in [7, 11) is 1.22. The molecule has 0 heterocycles. The highest BCUT2D eigenvalue weighted by atomic mass is 19.1. The first-order chi connectivity index (χ1) is 11.4. The summed E-state index contributed by atoms with van der Waals surface area (Å²) in [4.78, 5) is 35.7. The van der Waals surface area contributed by atoms with Crippen LogP contribution in [0.25, 0.3) is 0 Å². The van der Waals surface area contributed by atoms with E-state index in [9.17, 15) is 18.8 Å². The maximum absolute atomic E-state index is 14.5. The molecule has 2 N–H and O–H groups in total. The number of rotatable bonds is 3. The Kier molecular flexibility index (Phi) is 4.26. The number of carbonyl (C=O) groups is 3. The SMILES string of the molecule is COC(=O)NC1CCc2c(c(NC(C)=O)cc(F)c2C2CC2)C1=O. The van der Waals surface area contributed by atoms with Crippen LogP contribution < -0.4 is 10.6 Å². The molecule has 2 aliphatic carbocycles. The number of ketones is 1. The minimum atomic E-state index is -0.741. The Hall–Kier alpha value is -2.44. The van der Waals surface area contributed by atoms with Crippen molar-refractivity contribution in [2.45, 2.75) is 44.6 Å². The fraction of sp³-hybridized carbons (Fsp3) is 0.471. The zero-order valence-corrected chi connectivity index (χ0v) is 13.6. The number of ether oxygens (including phenoxy) is 1. The Balaban J connectivity index is 2.05. The van der Waals surface area contributed by atoms with Crippen LogP contribution >= 0.6 is 0 Å². The van der Waals surface area contributed by atoms with Gasteiger partial charge in [-0.25, -0.2) is 9.18 Å². The number of nitrogens with one attached hydrogen (secondary N) is 2. The number of anilines is 1. The normalized spacial score (nSPS) is 19.5. The summed E-state index contributed by atoms with van der Waals surface area (Å²) in [5, 5.41) is 5.04. The average molecular weight is 334 g/mol. The van der Waals surface area contributed by atoms with E-state index >= 15 is 0 Å². The molecule has 0 saturated heterocycles. The van der Waals surface area contributed by atoms with Crippen molar-refractivity contribution in [2.75, 3.05) is 12.4 Å². The number of halogens is 1. The van der Waals surface area contributed by atoms with Gasteiger partial charge in [0.05, 0.1) is 18.8 Å². The van der Waals surface area contributed by atoms with Gasteiger partial charge in [-0.2, -0.15) is 0 Å². The van der Waals surface area contributed by atoms with Gasteiger partial charge in [0.2, 0.25) is 5.91 Å². The molecule has 3 rings (SSSR count). The zero-order valence-electron chi connectivity index (χ0n) is 13.6. The van der Waals surface area contributed by atoms with Crippen LogP contribution in [0, 0.1) is 5.82 Å². The third-order valence-corrected chi connectivity index (χ3v) is 4.44. The second-order valence-electron chi connectivity index (χ2n) is 6.22. The second kappa shape index (κ2) is 6.22. The summed E-state index contributed by atoms with van der Waals surface area (Å²) in [6.07, 6.45) is 1.96. The van der Waals surface area contributed by atoms with E-state index in [4.69, 9.17) is 0 Å². The molecule has 0 radical (unpaired) electrons. The lowest BCUT2D eigenvalue weighted by Crippen LogP contribution is -2.44. The molecule has 7 heteroatoms. The first-order valence-electron chi connectivity index (χ1n) is 7.94. The second-order valence-corrected chi connectivity index (χ2v) is 6.22. The standard InChI is InChI=1S/C17H19FN2O4/c1-8(21)19-13-7-11(18)14(9-3-4-9)10-5-6-12(16(22)15(10)13)20-17(23)24-2/h7,9,12H,3-6H2,1-2H3,(H,19,21)(H,20,23).